The van der Waals surface area contributed by atoms with Gasteiger partial charge in [0.25, 0.3) is 0 Å². The van der Waals surface area contributed by atoms with Crippen LogP contribution in [-0.4, -0.2) is 6.54 Å². The zero-order valence-electron chi connectivity index (χ0n) is 14.4. The van der Waals surface area contributed by atoms with Crippen LogP contribution in [0.2, 0.25) is 0 Å². The Kier molecular flexibility index (Phi) is 4.77. The quantitative estimate of drug-likeness (QED) is 0.827. The molecule has 0 radical (unpaired) electrons. The minimum atomic E-state index is 0.0999. The smallest absolute Gasteiger partial charge is 0.138 e. The number of furan rings is 1. The second kappa shape index (κ2) is 6.23. The van der Waals surface area contributed by atoms with Gasteiger partial charge in [0.2, 0.25) is 0 Å². The fourth-order valence-corrected chi connectivity index (χ4v) is 2.97. The van der Waals surface area contributed by atoms with Gasteiger partial charge in [0.1, 0.15) is 11.3 Å². The van der Waals surface area contributed by atoms with Gasteiger partial charge in [-0.05, 0) is 30.9 Å². The van der Waals surface area contributed by atoms with E-state index in [4.69, 9.17) is 4.42 Å². The topological polar surface area (TPSA) is 25.2 Å². The van der Waals surface area contributed by atoms with Gasteiger partial charge in [-0.15, -0.1) is 0 Å². The molecule has 0 aliphatic heterocycles. The lowest BCUT2D eigenvalue weighted by atomic mass is 9.84. The molecule has 116 valence electrons. The molecule has 0 saturated heterocycles. The summed E-state index contributed by atoms with van der Waals surface area (Å²) in [6.45, 7) is 15.1. The molecule has 1 aromatic heterocycles. The lowest BCUT2D eigenvalue weighted by molar-refractivity contribution is 0.499. The molecular weight excluding hydrogens is 258 g/mol. The fraction of sp³-hybridized carbons (Fsp3) is 0.579. The summed E-state index contributed by atoms with van der Waals surface area (Å²) in [5, 5.41) is 4.75. The maximum absolute atomic E-state index is 6.33. The third-order valence-electron chi connectivity index (χ3n) is 4.07. The van der Waals surface area contributed by atoms with Crippen LogP contribution in [-0.2, 0) is 18.4 Å². The van der Waals surface area contributed by atoms with Gasteiger partial charge in [0.05, 0.1) is 6.54 Å². The zero-order chi connectivity index (χ0) is 15.6. The van der Waals surface area contributed by atoms with Crippen LogP contribution in [0.5, 0.6) is 0 Å². The van der Waals surface area contributed by atoms with Gasteiger partial charge in [-0.2, -0.15) is 0 Å². The zero-order valence-corrected chi connectivity index (χ0v) is 14.4. The van der Waals surface area contributed by atoms with E-state index in [1.54, 1.807) is 0 Å². The molecule has 1 heterocycles. The number of hydrogen-bond acceptors (Lipinski definition) is 2. The first-order valence-corrected chi connectivity index (χ1v) is 8.15. The Labute approximate surface area is 128 Å². The molecule has 0 atom stereocenters. The van der Waals surface area contributed by atoms with E-state index in [0.717, 1.165) is 37.3 Å². The van der Waals surface area contributed by atoms with Crippen LogP contribution >= 0.6 is 0 Å². The summed E-state index contributed by atoms with van der Waals surface area (Å²) in [5.74, 6) is 1.12. The molecular formula is C19H29NO. The van der Waals surface area contributed by atoms with E-state index in [2.05, 4.69) is 59.0 Å². The number of nitrogens with one attached hydrogen (secondary N) is 1. The van der Waals surface area contributed by atoms with Crippen molar-refractivity contribution in [1.29, 1.82) is 0 Å². The molecule has 0 spiro atoms. The van der Waals surface area contributed by atoms with Gasteiger partial charge in [-0.1, -0.05) is 53.2 Å². The highest BCUT2D eigenvalue weighted by Gasteiger charge is 2.23. The van der Waals surface area contributed by atoms with E-state index in [9.17, 15) is 0 Å². The molecule has 0 aliphatic carbocycles. The normalized spacial score (nSPS) is 12.3. The SMILES string of the molecule is CCCc1c(CNCC)oc2c(C(C)(C)C)ccc(C)c12. The maximum Gasteiger partial charge on any atom is 0.138 e. The molecule has 0 unspecified atom stereocenters. The van der Waals surface area contributed by atoms with E-state index in [1.165, 1.54) is 22.1 Å². The maximum atomic E-state index is 6.33. The van der Waals surface area contributed by atoms with E-state index in [1.807, 2.05) is 0 Å². The van der Waals surface area contributed by atoms with Crippen molar-refractivity contribution in [3.63, 3.8) is 0 Å². The average Bonchev–Trinajstić information content (AvgIpc) is 2.75. The van der Waals surface area contributed by atoms with Crippen molar-refractivity contribution in [2.24, 2.45) is 0 Å². The summed E-state index contributed by atoms with van der Waals surface area (Å²) in [6.07, 6.45) is 2.23. The van der Waals surface area contributed by atoms with Gasteiger partial charge < -0.3 is 9.73 Å². The summed E-state index contributed by atoms with van der Waals surface area (Å²) < 4.78 is 6.33. The molecule has 0 fully saturated rings. The van der Waals surface area contributed by atoms with Crippen LogP contribution in [0, 0.1) is 6.92 Å². The van der Waals surface area contributed by atoms with Crippen LogP contribution in [0.3, 0.4) is 0 Å². The fourth-order valence-electron chi connectivity index (χ4n) is 2.97. The molecule has 2 nitrogen and oxygen atoms in total. The number of benzene rings is 1. The second-order valence-electron chi connectivity index (χ2n) is 6.92. The average molecular weight is 287 g/mol. The van der Waals surface area contributed by atoms with Gasteiger partial charge in [0.15, 0.2) is 0 Å². The van der Waals surface area contributed by atoms with Crippen LogP contribution in [0.15, 0.2) is 16.5 Å². The summed E-state index contributed by atoms with van der Waals surface area (Å²) in [7, 11) is 0. The van der Waals surface area contributed by atoms with Crippen molar-refractivity contribution in [3.05, 3.63) is 34.6 Å². The van der Waals surface area contributed by atoms with Gasteiger partial charge in [0, 0.05) is 16.5 Å². The molecule has 2 aromatic rings. The molecule has 1 N–H and O–H groups in total. The van der Waals surface area contributed by atoms with E-state index in [0.29, 0.717) is 0 Å². The highest BCUT2D eigenvalue weighted by atomic mass is 16.3. The Morgan fingerprint density at radius 1 is 1.14 bits per heavy atom. The summed E-state index contributed by atoms with van der Waals surface area (Å²) in [6, 6.07) is 4.47. The van der Waals surface area contributed by atoms with Crippen LogP contribution in [0.1, 0.15) is 63.5 Å². The largest absolute Gasteiger partial charge is 0.459 e. The highest BCUT2D eigenvalue weighted by Crippen LogP contribution is 2.37. The third kappa shape index (κ3) is 3.16. The lowest BCUT2D eigenvalue weighted by Crippen LogP contribution is -2.12. The predicted octanol–water partition coefficient (Wildman–Crippen LogP) is 5.10. The molecule has 2 heteroatoms. The molecule has 0 saturated carbocycles. The van der Waals surface area contributed by atoms with E-state index in [-0.39, 0.29) is 5.41 Å². The van der Waals surface area contributed by atoms with Crippen molar-refractivity contribution in [3.8, 4) is 0 Å². The Hall–Kier alpha value is -1.28. The van der Waals surface area contributed by atoms with Crippen LogP contribution in [0.4, 0.5) is 0 Å². The monoisotopic (exact) mass is 287 g/mol. The second-order valence-corrected chi connectivity index (χ2v) is 6.92. The van der Waals surface area contributed by atoms with Crippen molar-refractivity contribution < 1.29 is 4.42 Å². The van der Waals surface area contributed by atoms with Gasteiger partial charge in [-0.25, -0.2) is 0 Å². The van der Waals surface area contributed by atoms with Gasteiger partial charge >= 0.3 is 0 Å². The summed E-state index contributed by atoms with van der Waals surface area (Å²) in [5.41, 5.74) is 5.23. The first-order chi connectivity index (χ1) is 9.90. The highest BCUT2D eigenvalue weighted by molar-refractivity contribution is 5.89. The Morgan fingerprint density at radius 3 is 2.43 bits per heavy atom. The first-order valence-electron chi connectivity index (χ1n) is 8.15. The van der Waals surface area contributed by atoms with Crippen molar-refractivity contribution in [2.75, 3.05) is 6.54 Å². The van der Waals surface area contributed by atoms with E-state index < -0.39 is 0 Å². The van der Waals surface area contributed by atoms with Crippen LogP contribution in [0.25, 0.3) is 11.0 Å². The summed E-state index contributed by atoms with van der Waals surface area (Å²) >= 11 is 0. The van der Waals surface area contributed by atoms with Gasteiger partial charge in [-0.3, -0.25) is 0 Å². The molecule has 1 aromatic carbocycles. The first kappa shape index (κ1) is 16.1. The minimum absolute atomic E-state index is 0.0999. The predicted molar refractivity (Wildman–Crippen MR) is 91.0 cm³/mol. The Bertz CT molecular complexity index is 617. The van der Waals surface area contributed by atoms with Crippen LogP contribution < -0.4 is 5.32 Å². The van der Waals surface area contributed by atoms with Crippen molar-refractivity contribution >= 4 is 11.0 Å². The standard InChI is InChI=1S/C19H29NO/c1-7-9-14-16(12-20-8-2)21-18-15(19(4,5)6)11-10-13(3)17(14)18/h10-11,20H,7-9,12H2,1-6H3. The molecule has 2 rings (SSSR count). The Morgan fingerprint density at radius 2 is 1.86 bits per heavy atom. The summed E-state index contributed by atoms with van der Waals surface area (Å²) in [4.78, 5) is 0. The lowest BCUT2D eigenvalue weighted by Gasteiger charge is -2.19. The number of aryl methyl sites for hydroxylation is 2. The van der Waals surface area contributed by atoms with E-state index >= 15 is 0 Å². The number of fused-ring (bicyclic) bond motifs is 1. The number of hydrogen-bond donors (Lipinski definition) is 1. The molecule has 21 heavy (non-hydrogen) atoms. The minimum Gasteiger partial charge on any atom is -0.459 e. The van der Waals surface area contributed by atoms with Crippen molar-refractivity contribution in [1.82, 2.24) is 5.32 Å². The Balaban J connectivity index is 2.69. The number of rotatable bonds is 5. The third-order valence-corrected chi connectivity index (χ3v) is 4.07. The molecule has 0 aliphatic rings. The molecule has 0 bridgehead atoms. The molecule has 0 amide bonds. The van der Waals surface area contributed by atoms with Crippen molar-refractivity contribution in [2.45, 2.75) is 66.3 Å².